The first-order valence-corrected chi connectivity index (χ1v) is 9.00. The van der Waals surface area contributed by atoms with E-state index in [1.54, 1.807) is 0 Å². The molecule has 1 aromatic heterocycles. The molecule has 0 fully saturated rings. The molecule has 136 valence electrons. The SMILES string of the molecule is Cc1nc(N)nc(N[C@@H](C)c2ccccc2)c1CCc1cccc(C#N)c1. The topological polar surface area (TPSA) is 87.6 Å². The number of nitrogens with one attached hydrogen (secondary N) is 1. The second-order valence-corrected chi connectivity index (χ2v) is 6.58. The molecule has 0 aliphatic carbocycles. The lowest BCUT2D eigenvalue weighted by Crippen LogP contribution is -2.14. The molecule has 0 unspecified atom stereocenters. The van der Waals surface area contributed by atoms with Crippen molar-refractivity contribution >= 4 is 11.8 Å². The lowest BCUT2D eigenvalue weighted by atomic mass is 10.0. The van der Waals surface area contributed by atoms with Crippen LogP contribution in [0.4, 0.5) is 11.8 Å². The Morgan fingerprint density at radius 1 is 1.07 bits per heavy atom. The first-order chi connectivity index (χ1) is 13.1. The van der Waals surface area contributed by atoms with Gasteiger partial charge in [0.05, 0.1) is 11.6 Å². The van der Waals surface area contributed by atoms with E-state index in [2.05, 4.69) is 40.4 Å². The fraction of sp³-hybridized carbons (Fsp3) is 0.227. The van der Waals surface area contributed by atoms with Crippen LogP contribution < -0.4 is 11.1 Å². The number of nitrogen functional groups attached to an aromatic ring is 1. The lowest BCUT2D eigenvalue weighted by Gasteiger charge is -2.19. The molecule has 5 nitrogen and oxygen atoms in total. The van der Waals surface area contributed by atoms with Gasteiger partial charge in [0.1, 0.15) is 5.82 Å². The van der Waals surface area contributed by atoms with Crippen molar-refractivity contribution in [3.8, 4) is 6.07 Å². The molecule has 0 radical (unpaired) electrons. The Morgan fingerprint density at radius 2 is 1.85 bits per heavy atom. The van der Waals surface area contributed by atoms with Crippen LogP contribution in [0.1, 0.15) is 40.9 Å². The summed E-state index contributed by atoms with van der Waals surface area (Å²) >= 11 is 0. The van der Waals surface area contributed by atoms with Crippen molar-refractivity contribution in [2.45, 2.75) is 32.7 Å². The molecule has 2 aromatic carbocycles. The van der Waals surface area contributed by atoms with E-state index in [4.69, 9.17) is 11.0 Å². The predicted molar refractivity (Wildman–Crippen MR) is 108 cm³/mol. The molecule has 0 saturated carbocycles. The molecular formula is C22H23N5. The average molecular weight is 357 g/mol. The molecule has 3 N–H and O–H groups in total. The van der Waals surface area contributed by atoms with Crippen molar-refractivity contribution in [1.82, 2.24) is 9.97 Å². The molecule has 0 saturated heterocycles. The van der Waals surface area contributed by atoms with Gasteiger partial charge in [0.15, 0.2) is 0 Å². The number of aromatic nitrogens is 2. The number of hydrogen-bond donors (Lipinski definition) is 2. The summed E-state index contributed by atoms with van der Waals surface area (Å²) in [6.45, 7) is 4.06. The van der Waals surface area contributed by atoms with Gasteiger partial charge in [-0.15, -0.1) is 0 Å². The number of anilines is 2. The molecule has 0 aliphatic heterocycles. The summed E-state index contributed by atoms with van der Waals surface area (Å²) < 4.78 is 0. The molecule has 27 heavy (non-hydrogen) atoms. The van der Waals surface area contributed by atoms with Crippen molar-refractivity contribution in [2.24, 2.45) is 0 Å². The number of nitrogens with two attached hydrogens (primary N) is 1. The third-order valence-electron chi connectivity index (χ3n) is 4.60. The van der Waals surface area contributed by atoms with E-state index in [0.717, 1.165) is 35.5 Å². The number of benzene rings is 2. The minimum Gasteiger partial charge on any atom is -0.368 e. The zero-order chi connectivity index (χ0) is 19.2. The molecule has 3 rings (SSSR count). The standard InChI is InChI=1S/C22H23N5/c1-15(19-9-4-3-5-10-19)25-21-20(16(2)26-22(24)27-21)12-11-17-7-6-8-18(13-17)14-23/h3-10,13,15H,11-12H2,1-2H3,(H3,24,25,26,27)/t15-/m0/s1. The third kappa shape index (κ3) is 4.62. The summed E-state index contributed by atoms with van der Waals surface area (Å²) in [6.07, 6.45) is 1.57. The van der Waals surface area contributed by atoms with E-state index in [0.29, 0.717) is 5.56 Å². The van der Waals surface area contributed by atoms with E-state index in [1.165, 1.54) is 5.56 Å². The van der Waals surface area contributed by atoms with Gasteiger partial charge in [-0.05, 0) is 49.9 Å². The second-order valence-electron chi connectivity index (χ2n) is 6.58. The summed E-state index contributed by atoms with van der Waals surface area (Å²) in [5.41, 5.74) is 10.8. The largest absolute Gasteiger partial charge is 0.368 e. The zero-order valence-electron chi connectivity index (χ0n) is 15.6. The van der Waals surface area contributed by atoms with Gasteiger partial charge in [-0.1, -0.05) is 42.5 Å². The highest BCUT2D eigenvalue weighted by atomic mass is 15.1. The first kappa shape index (κ1) is 18.4. The molecule has 0 spiro atoms. The number of rotatable bonds is 6. The van der Waals surface area contributed by atoms with Gasteiger partial charge < -0.3 is 11.1 Å². The maximum absolute atomic E-state index is 9.08. The summed E-state index contributed by atoms with van der Waals surface area (Å²) in [5, 5.41) is 12.6. The van der Waals surface area contributed by atoms with E-state index in [1.807, 2.05) is 49.4 Å². The van der Waals surface area contributed by atoms with Crippen LogP contribution >= 0.6 is 0 Å². The van der Waals surface area contributed by atoms with Crippen LogP contribution in [0, 0.1) is 18.3 Å². The molecule has 1 atom stereocenters. The fourth-order valence-corrected chi connectivity index (χ4v) is 3.13. The van der Waals surface area contributed by atoms with Gasteiger partial charge in [-0.3, -0.25) is 0 Å². The maximum Gasteiger partial charge on any atom is 0.222 e. The molecule has 0 bridgehead atoms. The molecule has 3 aromatic rings. The van der Waals surface area contributed by atoms with Crippen molar-refractivity contribution < 1.29 is 0 Å². The summed E-state index contributed by atoms with van der Waals surface area (Å²) in [4.78, 5) is 8.78. The summed E-state index contributed by atoms with van der Waals surface area (Å²) in [6, 6.07) is 20.2. The van der Waals surface area contributed by atoms with Crippen molar-refractivity contribution in [2.75, 3.05) is 11.1 Å². The average Bonchev–Trinajstić information content (AvgIpc) is 2.68. The Labute approximate surface area is 159 Å². The number of hydrogen-bond acceptors (Lipinski definition) is 5. The highest BCUT2D eigenvalue weighted by Crippen LogP contribution is 2.24. The lowest BCUT2D eigenvalue weighted by molar-refractivity contribution is 0.848. The molecule has 0 amide bonds. The van der Waals surface area contributed by atoms with E-state index in [9.17, 15) is 0 Å². The third-order valence-corrected chi connectivity index (χ3v) is 4.60. The fourth-order valence-electron chi connectivity index (χ4n) is 3.13. The van der Waals surface area contributed by atoms with E-state index < -0.39 is 0 Å². The zero-order valence-corrected chi connectivity index (χ0v) is 15.6. The van der Waals surface area contributed by atoms with Gasteiger partial charge in [0.25, 0.3) is 0 Å². The van der Waals surface area contributed by atoms with Crippen LogP contribution in [0.3, 0.4) is 0 Å². The van der Waals surface area contributed by atoms with Crippen LogP contribution in [0.2, 0.25) is 0 Å². The monoisotopic (exact) mass is 357 g/mol. The smallest absolute Gasteiger partial charge is 0.222 e. The summed E-state index contributed by atoms with van der Waals surface area (Å²) in [7, 11) is 0. The molecule has 1 heterocycles. The van der Waals surface area contributed by atoms with E-state index in [-0.39, 0.29) is 12.0 Å². The minimum absolute atomic E-state index is 0.0977. The van der Waals surface area contributed by atoms with Gasteiger partial charge in [0.2, 0.25) is 5.95 Å². The van der Waals surface area contributed by atoms with Crippen LogP contribution in [0.15, 0.2) is 54.6 Å². The van der Waals surface area contributed by atoms with Crippen LogP contribution in [-0.2, 0) is 12.8 Å². The molecule has 0 aliphatic rings. The van der Waals surface area contributed by atoms with Gasteiger partial charge in [0, 0.05) is 17.3 Å². The second kappa shape index (κ2) is 8.33. The van der Waals surface area contributed by atoms with Crippen molar-refractivity contribution in [3.05, 3.63) is 82.5 Å². The number of nitriles is 1. The van der Waals surface area contributed by atoms with Crippen LogP contribution in [0.25, 0.3) is 0 Å². The predicted octanol–water partition coefficient (Wildman–Crippen LogP) is 4.20. The Morgan fingerprint density at radius 3 is 2.59 bits per heavy atom. The Kier molecular flexibility index (Phi) is 5.68. The van der Waals surface area contributed by atoms with Crippen molar-refractivity contribution in [1.29, 1.82) is 5.26 Å². The van der Waals surface area contributed by atoms with Crippen molar-refractivity contribution in [3.63, 3.8) is 0 Å². The normalized spacial score (nSPS) is 11.6. The number of aryl methyl sites for hydroxylation is 2. The highest BCUT2D eigenvalue weighted by Gasteiger charge is 2.14. The highest BCUT2D eigenvalue weighted by molar-refractivity contribution is 5.51. The number of nitrogens with zero attached hydrogens (tertiary/aromatic N) is 3. The Balaban J connectivity index is 1.83. The van der Waals surface area contributed by atoms with Gasteiger partial charge >= 0.3 is 0 Å². The summed E-state index contributed by atoms with van der Waals surface area (Å²) in [5.74, 6) is 1.04. The molecule has 5 heteroatoms. The van der Waals surface area contributed by atoms with Crippen LogP contribution in [-0.4, -0.2) is 9.97 Å². The first-order valence-electron chi connectivity index (χ1n) is 9.00. The van der Waals surface area contributed by atoms with E-state index >= 15 is 0 Å². The Hall–Kier alpha value is -3.39. The maximum atomic E-state index is 9.08. The van der Waals surface area contributed by atoms with Gasteiger partial charge in [-0.2, -0.15) is 10.2 Å². The molecular weight excluding hydrogens is 334 g/mol. The Bertz CT molecular complexity index is 960. The van der Waals surface area contributed by atoms with Crippen LogP contribution in [0.5, 0.6) is 0 Å². The quantitative estimate of drug-likeness (QED) is 0.690. The minimum atomic E-state index is 0.0977. The van der Waals surface area contributed by atoms with Gasteiger partial charge in [-0.25, -0.2) is 4.98 Å².